The number of ether oxygens (including phenoxy) is 2. The van der Waals surface area contributed by atoms with Crippen molar-refractivity contribution in [3.63, 3.8) is 0 Å². The van der Waals surface area contributed by atoms with E-state index in [1.165, 1.54) is 12.2 Å². The smallest absolute Gasteiger partial charge is 0.319 e. The summed E-state index contributed by atoms with van der Waals surface area (Å²) in [6.45, 7) is 0. The molecule has 2 amide bonds. The Morgan fingerprint density at radius 3 is 2.56 bits per heavy atom. The SMILES string of the molecule is COc1ccc(C[C@@]23OC4(C=CC(=O)C=C4)C[C@@H]2NC(=O)N3C)cc1. The van der Waals surface area contributed by atoms with Crippen LogP contribution in [-0.2, 0) is 16.0 Å². The first kappa shape index (κ1) is 15.9. The van der Waals surface area contributed by atoms with E-state index in [1.54, 1.807) is 31.2 Å². The Balaban J connectivity index is 1.67. The van der Waals surface area contributed by atoms with Crippen molar-refractivity contribution in [1.82, 2.24) is 10.2 Å². The molecular formula is C19H20N2O4. The van der Waals surface area contributed by atoms with Gasteiger partial charge in [-0.05, 0) is 42.0 Å². The molecule has 1 aromatic rings. The van der Waals surface area contributed by atoms with Gasteiger partial charge in [0.1, 0.15) is 11.4 Å². The Morgan fingerprint density at radius 1 is 1.24 bits per heavy atom. The molecule has 25 heavy (non-hydrogen) atoms. The third-order valence-corrected chi connectivity index (χ3v) is 5.28. The van der Waals surface area contributed by atoms with Crippen LogP contribution in [0.2, 0.25) is 0 Å². The van der Waals surface area contributed by atoms with Gasteiger partial charge in [-0.1, -0.05) is 12.1 Å². The average molecular weight is 340 g/mol. The predicted molar refractivity (Wildman–Crippen MR) is 91.2 cm³/mol. The number of methoxy groups -OCH3 is 1. The van der Waals surface area contributed by atoms with Crippen LogP contribution in [0, 0.1) is 0 Å². The number of benzene rings is 1. The summed E-state index contributed by atoms with van der Waals surface area (Å²) in [5.41, 5.74) is -0.403. The number of ketones is 1. The number of urea groups is 1. The maximum atomic E-state index is 12.2. The lowest BCUT2D eigenvalue weighted by Gasteiger charge is -2.36. The summed E-state index contributed by atoms with van der Waals surface area (Å²) in [6.07, 6.45) is 7.80. The molecule has 2 atom stereocenters. The second-order valence-corrected chi connectivity index (χ2v) is 6.76. The first-order valence-corrected chi connectivity index (χ1v) is 8.26. The summed E-state index contributed by atoms with van der Waals surface area (Å²) in [7, 11) is 3.38. The first-order chi connectivity index (χ1) is 12.0. The van der Waals surface area contributed by atoms with Crippen molar-refractivity contribution in [2.24, 2.45) is 0 Å². The molecule has 0 saturated carbocycles. The summed E-state index contributed by atoms with van der Waals surface area (Å²) in [5.74, 6) is 0.736. The number of allylic oxidation sites excluding steroid dienone is 2. The van der Waals surface area contributed by atoms with Gasteiger partial charge in [0.25, 0.3) is 0 Å². The summed E-state index contributed by atoms with van der Waals surface area (Å²) in [5, 5.41) is 3.02. The Morgan fingerprint density at radius 2 is 1.92 bits per heavy atom. The predicted octanol–water partition coefficient (Wildman–Crippen LogP) is 1.81. The lowest BCUT2D eigenvalue weighted by atomic mass is 9.89. The first-order valence-electron chi connectivity index (χ1n) is 8.26. The van der Waals surface area contributed by atoms with Gasteiger partial charge in [0.15, 0.2) is 11.5 Å². The normalized spacial score (nSPS) is 29.2. The Hall–Kier alpha value is -2.60. The molecule has 1 aromatic carbocycles. The van der Waals surface area contributed by atoms with Gasteiger partial charge in [0.2, 0.25) is 0 Å². The molecule has 2 heterocycles. The highest BCUT2D eigenvalue weighted by Gasteiger charge is 2.62. The molecule has 6 heteroatoms. The van der Waals surface area contributed by atoms with E-state index >= 15 is 0 Å². The zero-order chi connectivity index (χ0) is 17.7. The zero-order valence-electron chi connectivity index (χ0n) is 14.2. The van der Waals surface area contributed by atoms with Crippen LogP contribution in [0.25, 0.3) is 0 Å². The van der Waals surface area contributed by atoms with E-state index in [4.69, 9.17) is 9.47 Å². The molecule has 0 bridgehead atoms. The molecule has 1 spiro atoms. The van der Waals surface area contributed by atoms with Crippen molar-refractivity contribution >= 4 is 11.8 Å². The molecule has 130 valence electrons. The summed E-state index contributed by atoms with van der Waals surface area (Å²) >= 11 is 0. The highest BCUT2D eigenvalue weighted by molar-refractivity contribution is 6.00. The Labute approximate surface area is 146 Å². The monoisotopic (exact) mass is 340 g/mol. The van der Waals surface area contributed by atoms with Gasteiger partial charge in [0.05, 0.1) is 13.2 Å². The molecule has 2 aliphatic heterocycles. The van der Waals surface area contributed by atoms with E-state index in [-0.39, 0.29) is 17.9 Å². The number of hydrogen-bond acceptors (Lipinski definition) is 4. The van der Waals surface area contributed by atoms with Crippen LogP contribution in [0.5, 0.6) is 5.75 Å². The number of carbonyl (C=O) groups excluding carboxylic acids is 2. The molecule has 4 rings (SSSR count). The zero-order valence-corrected chi connectivity index (χ0v) is 14.2. The molecule has 0 aromatic heterocycles. The van der Waals surface area contributed by atoms with Gasteiger partial charge >= 0.3 is 6.03 Å². The molecule has 2 fully saturated rings. The van der Waals surface area contributed by atoms with E-state index in [0.29, 0.717) is 12.8 Å². The molecule has 0 unspecified atom stereocenters. The van der Waals surface area contributed by atoms with Crippen LogP contribution < -0.4 is 10.1 Å². The molecule has 3 aliphatic rings. The highest BCUT2D eigenvalue weighted by atomic mass is 16.6. The van der Waals surface area contributed by atoms with Crippen LogP contribution in [0.4, 0.5) is 4.79 Å². The van der Waals surface area contributed by atoms with Crippen LogP contribution in [0.15, 0.2) is 48.6 Å². The number of likely N-dealkylation sites (N-methyl/N-ethyl adjacent to an activating group) is 1. The fourth-order valence-electron chi connectivity index (χ4n) is 3.88. The number of amides is 2. The second-order valence-electron chi connectivity index (χ2n) is 6.76. The topological polar surface area (TPSA) is 67.9 Å². The fraction of sp³-hybridized carbons (Fsp3) is 0.368. The summed E-state index contributed by atoms with van der Waals surface area (Å²) < 4.78 is 11.7. The van der Waals surface area contributed by atoms with Crippen LogP contribution in [-0.4, -0.2) is 48.2 Å². The number of carbonyl (C=O) groups is 2. The van der Waals surface area contributed by atoms with E-state index in [1.807, 2.05) is 24.3 Å². The third-order valence-electron chi connectivity index (χ3n) is 5.28. The molecule has 0 radical (unpaired) electrons. The van der Waals surface area contributed by atoms with E-state index in [9.17, 15) is 9.59 Å². The minimum absolute atomic E-state index is 0.0483. The minimum atomic E-state index is -0.791. The van der Waals surface area contributed by atoms with Crippen LogP contribution >= 0.6 is 0 Å². The Kier molecular flexibility index (Phi) is 3.47. The fourth-order valence-corrected chi connectivity index (χ4v) is 3.88. The van der Waals surface area contributed by atoms with Crippen molar-refractivity contribution in [3.05, 3.63) is 54.1 Å². The minimum Gasteiger partial charge on any atom is -0.497 e. The van der Waals surface area contributed by atoms with Gasteiger partial charge < -0.3 is 14.8 Å². The third kappa shape index (κ3) is 2.44. The van der Waals surface area contributed by atoms with Crippen molar-refractivity contribution < 1.29 is 19.1 Å². The van der Waals surface area contributed by atoms with Crippen molar-refractivity contribution in [2.45, 2.75) is 30.2 Å². The molecule has 1 aliphatic carbocycles. The van der Waals surface area contributed by atoms with Crippen molar-refractivity contribution in [1.29, 1.82) is 0 Å². The van der Waals surface area contributed by atoms with E-state index < -0.39 is 11.3 Å². The van der Waals surface area contributed by atoms with E-state index in [0.717, 1.165) is 11.3 Å². The van der Waals surface area contributed by atoms with Gasteiger partial charge in [-0.3, -0.25) is 9.69 Å². The number of rotatable bonds is 3. The maximum Gasteiger partial charge on any atom is 0.319 e. The Bertz CT molecular complexity index is 767. The average Bonchev–Trinajstić information content (AvgIpc) is 3.02. The van der Waals surface area contributed by atoms with Crippen molar-refractivity contribution in [3.8, 4) is 5.75 Å². The van der Waals surface area contributed by atoms with Crippen LogP contribution in [0.3, 0.4) is 0 Å². The van der Waals surface area contributed by atoms with Gasteiger partial charge in [-0.15, -0.1) is 0 Å². The molecule has 6 nitrogen and oxygen atoms in total. The quantitative estimate of drug-likeness (QED) is 0.911. The van der Waals surface area contributed by atoms with Crippen LogP contribution in [0.1, 0.15) is 12.0 Å². The van der Waals surface area contributed by atoms with Gasteiger partial charge in [-0.25, -0.2) is 4.79 Å². The lowest BCUT2D eigenvalue weighted by Crippen LogP contribution is -2.51. The second kappa shape index (κ2) is 5.46. The number of fused-ring (bicyclic) bond motifs is 1. The molecule has 1 N–H and O–H groups in total. The number of nitrogens with zero attached hydrogens (tertiary/aromatic N) is 1. The van der Waals surface area contributed by atoms with Gasteiger partial charge in [-0.2, -0.15) is 0 Å². The maximum absolute atomic E-state index is 12.2. The van der Waals surface area contributed by atoms with Crippen molar-refractivity contribution in [2.75, 3.05) is 14.2 Å². The van der Waals surface area contributed by atoms with Gasteiger partial charge in [0, 0.05) is 19.9 Å². The largest absolute Gasteiger partial charge is 0.497 e. The van der Waals surface area contributed by atoms with E-state index in [2.05, 4.69) is 5.32 Å². The highest BCUT2D eigenvalue weighted by Crippen LogP contribution is 2.47. The molecule has 2 saturated heterocycles. The number of hydrogen-bond donors (Lipinski definition) is 1. The number of nitrogens with one attached hydrogen (secondary N) is 1. The standard InChI is InChI=1S/C19H20N2O4/c1-21-17(23)20-16-12-18(9-7-14(22)8-10-18)25-19(16,21)11-13-3-5-15(24-2)6-4-13/h3-10,16H,11-12H2,1-2H3,(H,20,23)/t16-,19+/m0/s1. The molecular weight excluding hydrogens is 320 g/mol. The lowest BCUT2D eigenvalue weighted by molar-refractivity contribution is -0.124. The summed E-state index contributed by atoms with van der Waals surface area (Å²) in [4.78, 5) is 25.3. The summed E-state index contributed by atoms with van der Waals surface area (Å²) in [6, 6.07) is 7.45.